The van der Waals surface area contributed by atoms with Crippen LogP contribution in [-0.2, 0) is 27.2 Å². The summed E-state index contributed by atoms with van der Waals surface area (Å²) in [6.45, 7) is 0.227. The van der Waals surface area contributed by atoms with Crippen molar-refractivity contribution in [2.24, 2.45) is 0 Å². The van der Waals surface area contributed by atoms with Crippen LogP contribution < -0.4 is 20.1 Å². The lowest BCUT2D eigenvalue weighted by Gasteiger charge is -2.13. The molecule has 1 amide bonds. The average Bonchev–Trinajstić information content (AvgIpc) is 2.73. The van der Waals surface area contributed by atoms with Gasteiger partial charge in [-0.15, -0.1) is 0 Å². The SMILES string of the molecule is CNC(=S)NS(=O)(=O)c1cc(CCNC(=O)c2cc(Cl)ccc2OC)ccc1S(C)=O. The van der Waals surface area contributed by atoms with Crippen molar-refractivity contribution < 1.29 is 22.2 Å². The van der Waals surface area contributed by atoms with Gasteiger partial charge in [-0.05, 0) is 54.5 Å². The first-order chi connectivity index (χ1) is 14.6. The molecule has 31 heavy (non-hydrogen) atoms. The van der Waals surface area contributed by atoms with Crippen LogP contribution in [0.25, 0.3) is 0 Å². The third kappa shape index (κ3) is 6.63. The molecular formula is C19H22ClN3O5S3. The maximum absolute atomic E-state index is 12.7. The number of thiocarbonyl (C=S) groups is 1. The molecule has 0 saturated carbocycles. The molecule has 0 saturated heterocycles. The normalized spacial score (nSPS) is 12.0. The second-order valence-corrected chi connectivity index (χ2v) is 10.1. The first kappa shape index (κ1) is 25.1. The number of benzene rings is 2. The molecule has 0 aromatic heterocycles. The quantitative estimate of drug-likeness (QED) is 0.471. The van der Waals surface area contributed by atoms with E-state index in [4.69, 9.17) is 28.6 Å². The Kier molecular flexibility index (Phi) is 8.80. The van der Waals surface area contributed by atoms with Crippen molar-refractivity contribution in [1.82, 2.24) is 15.4 Å². The van der Waals surface area contributed by atoms with Crippen LogP contribution in [0.15, 0.2) is 46.2 Å². The largest absolute Gasteiger partial charge is 0.496 e. The average molecular weight is 504 g/mol. The molecule has 0 aliphatic rings. The maximum atomic E-state index is 12.7. The van der Waals surface area contributed by atoms with Gasteiger partial charge in [-0.2, -0.15) is 0 Å². The Bertz CT molecular complexity index is 1120. The van der Waals surface area contributed by atoms with Gasteiger partial charge in [0, 0.05) is 24.9 Å². The minimum absolute atomic E-state index is 0.0824. The number of rotatable bonds is 8. The highest BCUT2D eigenvalue weighted by Crippen LogP contribution is 2.23. The van der Waals surface area contributed by atoms with Gasteiger partial charge in [-0.25, -0.2) is 8.42 Å². The van der Waals surface area contributed by atoms with Crippen molar-refractivity contribution in [2.75, 3.05) is 27.0 Å². The molecule has 3 N–H and O–H groups in total. The summed E-state index contributed by atoms with van der Waals surface area (Å²) in [5, 5.41) is 5.60. The molecule has 0 spiro atoms. The zero-order valence-corrected chi connectivity index (χ0v) is 20.2. The molecule has 0 aliphatic heterocycles. The van der Waals surface area contributed by atoms with Gasteiger partial charge in [-0.3, -0.25) is 13.7 Å². The predicted molar refractivity (Wildman–Crippen MR) is 125 cm³/mol. The van der Waals surface area contributed by atoms with Crippen LogP contribution in [0.2, 0.25) is 5.02 Å². The van der Waals surface area contributed by atoms with Crippen molar-refractivity contribution in [3.05, 3.63) is 52.5 Å². The summed E-state index contributed by atoms with van der Waals surface area (Å²) in [7, 11) is -2.63. The Labute approximate surface area is 194 Å². The van der Waals surface area contributed by atoms with Crippen molar-refractivity contribution in [3.8, 4) is 5.75 Å². The van der Waals surface area contributed by atoms with E-state index in [0.29, 0.717) is 28.3 Å². The van der Waals surface area contributed by atoms with Crippen LogP contribution in [0.3, 0.4) is 0 Å². The fraction of sp³-hybridized carbons (Fsp3) is 0.263. The zero-order chi connectivity index (χ0) is 23.2. The lowest BCUT2D eigenvalue weighted by atomic mass is 10.1. The van der Waals surface area contributed by atoms with Gasteiger partial charge in [-0.1, -0.05) is 17.7 Å². The van der Waals surface area contributed by atoms with Crippen molar-refractivity contribution >= 4 is 55.7 Å². The van der Waals surface area contributed by atoms with E-state index in [1.165, 1.54) is 38.6 Å². The number of halogens is 1. The monoisotopic (exact) mass is 503 g/mol. The van der Waals surface area contributed by atoms with E-state index < -0.39 is 20.8 Å². The Morgan fingerprint density at radius 1 is 1.23 bits per heavy atom. The molecule has 12 heteroatoms. The number of ether oxygens (including phenoxy) is 1. The molecule has 2 aromatic rings. The van der Waals surface area contributed by atoms with E-state index >= 15 is 0 Å². The molecule has 0 bridgehead atoms. The third-order valence-corrected chi connectivity index (χ3v) is 7.33. The van der Waals surface area contributed by atoms with Gasteiger partial charge in [0.25, 0.3) is 15.9 Å². The summed E-state index contributed by atoms with van der Waals surface area (Å²) in [5.41, 5.74) is 0.920. The highest BCUT2D eigenvalue weighted by atomic mass is 35.5. The summed E-state index contributed by atoms with van der Waals surface area (Å²) in [5.74, 6) is 0.0103. The molecule has 0 fully saturated rings. The Morgan fingerprint density at radius 3 is 2.55 bits per heavy atom. The van der Waals surface area contributed by atoms with E-state index in [2.05, 4.69) is 15.4 Å². The Morgan fingerprint density at radius 2 is 1.94 bits per heavy atom. The number of carbonyl (C=O) groups excluding carboxylic acids is 1. The zero-order valence-electron chi connectivity index (χ0n) is 17.0. The predicted octanol–water partition coefficient (Wildman–Crippen LogP) is 1.84. The fourth-order valence-corrected chi connectivity index (χ4v) is 5.54. The Balaban J connectivity index is 2.19. The summed E-state index contributed by atoms with van der Waals surface area (Å²) >= 11 is 10.8. The minimum atomic E-state index is -4.03. The summed E-state index contributed by atoms with van der Waals surface area (Å²) in [6.07, 6.45) is 1.73. The molecule has 2 aromatic carbocycles. The number of nitrogens with one attached hydrogen (secondary N) is 3. The standard InChI is InChI=1S/C19H22ClN3O5S3/c1-21-19(29)23-31(26,27)17-10-12(4-7-16(17)30(3)25)8-9-22-18(24)14-11-13(20)5-6-15(14)28-2/h4-7,10-11H,8-9H2,1-3H3,(H,22,24)(H2,21,23,29). The maximum Gasteiger partial charge on any atom is 0.264 e. The highest BCUT2D eigenvalue weighted by molar-refractivity contribution is 7.92. The summed E-state index contributed by atoms with van der Waals surface area (Å²) in [4.78, 5) is 12.5. The van der Waals surface area contributed by atoms with Gasteiger partial charge in [0.2, 0.25) is 0 Å². The lowest BCUT2D eigenvalue weighted by molar-refractivity contribution is 0.0951. The van der Waals surface area contributed by atoms with Crippen LogP contribution in [0.5, 0.6) is 5.75 Å². The third-order valence-electron chi connectivity index (χ3n) is 4.17. The van der Waals surface area contributed by atoms with Gasteiger partial charge >= 0.3 is 0 Å². The molecule has 0 radical (unpaired) electrons. The summed E-state index contributed by atoms with van der Waals surface area (Å²) in [6, 6.07) is 9.29. The van der Waals surface area contributed by atoms with Gasteiger partial charge < -0.3 is 15.4 Å². The van der Waals surface area contributed by atoms with E-state index in [0.717, 1.165) is 0 Å². The number of sulfonamides is 1. The molecule has 0 aliphatic carbocycles. The number of hydrogen-bond acceptors (Lipinski definition) is 6. The fourth-order valence-electron chi connectivity index (χ4n) is 2.66. The number of carbonyl (C=O) groups is 1. The molecule has 8 nitrogen and oxygen atoms in total. The van der Waals surface area contributed by atoms with Crippen LogP contribution in [0.1, 0.15) is 15.9 Å². The smallest absolute Gasteiger partial charge is 0.264 e. The number of methoxy groups -OCH3 is 1. The molecule has 168 valence electrons. The van der Waals surface area contributed by atoms with Gasteiger partial charge in [0.1, 0.15) is 10.6 Å². The van der Waals surface area contributed by atoms with Gasteiger partial charge in [0.05, 0.1) is 28.4 Å². The van der Waals surface area contributed by atoms with E-state index in [1.807, 2.05) is 0 Å². The number of hydrogen-bond donors (Lipinski definition) is 3. The van der Waals surface area contributed by atoms with Crippen molar-refractivity contribution in [3.63, 3.8) is 0 Å². The van der Waals surface area contributed by atoms with Crippen LogP contribution >= 0.6 is 23.8 Å². The van der Waals surface area contributed by atoms with Crippen LogP contribution in [0, 0.1) is 0 Å². The molecular weight excluding hydrogens is 482 g/mol. The van der Waals surface area contributed by atoms with Gasteiger partial charge in [0.15, 0.2) is 5.11 Å². The first-order valence-electron chi connectivity index (χ1n) is 8.91. The second-order valence-electron chi connectivity index (χ2n) is 6.27. The second kappa shape index (κ2) is 10.9. The first-order valence-corrected chi connectivity index (χ1v) is 12.7. The van der Waals surface area contributed by atoms with Crippen LogP contribution in [0.4, 0.5) is 0 Å². The van der Waals surface area contributed by atoms with Crippen molar-refractivity contribution in [1.29, 1.82) is 0 Å². The Hall–Kier alpha value is -2.21. The van der Waals surface area contributed by atoms with E-state index in [9.17, 15) is 17.4 Å². The van der Waals surface area contributed by atoms with Crippen LogP contribution in [-0.4, -0.2) is 50.6 Å². The van der Waals surface area contributed by atoms with E-state index in [1.54, 1.807) is 18.2 Å². The summed E-state index contributed by atoms with van der Waals surface area (Å²) < 4.78 is 44.8. The highest BCUT2D eigenvalue weighted by Gasteiger charge is 2.22. The molecule has 1 unspecified atom stereocenters. The topological polar surface area (TPSA) is 114 Å². The number of amides is 1. The van der Waals surface area contributed by atoms with Crippen molar-refractivity contribution in [2.45, 2.75) is 16.2 Å². The molecule has 0 heterocycles. The van der Waals surface area contributed by atoms with E-state index in [-0.39, 0.29) is 27.4 Å². The molecule has 2 rings (SSSR count). The lowest BCUT2D eigenvalue weighted by Crippen LogP contribution is -2.37. The minimum Gasteiger partial charge on any atom is -0.496 e. The molecule has 1 atom stereocenters.